The first-order valence-corrected chi connectivity index (χ1v) is 11.0. The number of halogens is 2. The molecule has 2 aromatic rings. The lowest BCUT2D eigenvalue weighted by Gasteiger charge is -2.17. The van der Waals surface area contributed by atoms with Gasteiger partial charge in [-0.05, 0) is 24.1 Å². The van der Waals surface area contributed by atoms with E-state index in [-0.39, 0.29) is 0 Å². The molecule has 25 heavy (non-hydrogen) atoms. The maximum atomic E-state index is 6.13. The normalized spacial score (nSPS) is 12.4. The quantitative estimate of drug-likeness (QED) is 0.350. The van der Waals surface area contributed by atoms with Crippen molar-refractivity contribution in [2.75, 3.05) is 0 Å². The predicted octanol–water partition coefficient (Wildman–Crippen LogP) is 7.24. The fraction of sp³-hybridized carbons (Fsp3) is 0.550. The number of aromatic nitrogens is 2. The molecule has 1 unspecified atom stereocenters. The molecule has 0 amide bonds. The lowest BCUT2D eigenvalue weighted by atomic mass is 10.1. The summed E-state index contributed by atoms with van der Waals surface area (Å²) in [6.45, 7) is 3.28. The summed E-state index contributed by atoms with van der Waals surface area (Å²) in [7, 11) is 0. The van der Waals surface area contributed by atoms with E-state index in [1.807, 2.05) is 42.6 Å². The van der Waals surface area contributed by atoms with Gasteiger partial charge < -0.3 is 4.57 Å². The standard InChI is InChI=1S/C20H28Cl2N2S/c1-2-3-4-5-6-7-8-18(14-24-12-11-23-16-24)25-15-17-9-10-19(21)20(22)13-17/h9-13,16,18H,2-8,14-15H2,1H3. The summed E-state index contributed by atoms with van der Waals surface area (Å²) in [6, 6.07) is 5.94. The molecular weight excluding hydrogens is 371 g/mol. The molecule has 0 aliphatic rings. The van der Waals surface area contributed by atoms with Crippen LogP contribution in [0.1, 0.15) is 57.4 Å². The molecule has 0 saturated carbocycles. The van der Waals surface area contributed by atoms with Crippen LogP contribution < -0.4 is 0 Å². The smallest absolute Gasteiger partial charge is 0.0946 e. The molecule has 138 valence electrons. The number of hydrogen-bond donors (Lipinski definition) is 0. The molecule has 0 spiro atoms. The zero-order chi connectivity index (χ0) is 17.9. The van der Waals surface area contributed by atoms with Gasteiger partial charge in [-0.25, -0.2) is 4.98 Å². The second-order valence-corrected chi connectivity index (χ2v) is 8.60. The molecule has 0 radical (unpaired) electrons. The molecule has 1 atom stereocenters. The second kappa shape index (κ2) is 11.9. The van der Waals surface area contributed by atoms with Crippen molar-refractivity contribution in [3.05, 3.63) is 52.5 Å². The molecule has 1 aromatic carbocycles. The van der Waals surface area contributed by atoms with Gasteiger partial charge >= 0.3 is 0 Å². The predicted molar refractivity (Wildman–Crippen MR) is 112 cm³/mol. The van der Waals surface area contributed by atoms with Gasteiger partial charge in [-0.2, -0.15) is 11.8 Å². The minimum absolute atomic E-state index is 0.592. The second-order valence-electron chi connectivity index (χ2n) is 6.50. The van der Waals surface area contributed by atoms with E-state index in [9.17, 15) is 0 Å². The van der Waals surface area contributed by atoms with Gasteiger partial charge in [0.15, 0.2) is 0 Å². The molecule has 1 aromatic heterocycles. The van der Waals surface area contributed by atoms with Gasteiger partial charge in [0, 0.05) is 29.9 Å². The fourth-order valence-corrected chi connectivity index (χ4v) is 4.39. The average Bonchev–Trinajstić information content (AvgIpc) is 3.11. The van der Waals surface area contributed by atoms with Crippen LogP contribution in [0.2, 0.25) is 10.0 Å². The molecule has 5 heteroatoms. The summed E-state index contributed by atoms with van der Waals surface area (Å²) < 4.78 is 2.18. The minimum Gasteiger partial charge on any atom is -0.336 e. The molecule has 0 aliphatic heterocycles. The van der Waals surface area contributed by atoms with Crippen molar-refractivity contribution in [1.82, 2.24) is 9.55 Å². The van der Waals surface area contributed by atoms with Crippen LogP contribution in [0.3, 0.4) is 0 Å². The molecule has 2 rings (SSSR count). The first-order valence-electron chi connectivity index (χ1n) is 9.20. The fourth-order valence-electron chi connectivity index (χ4n) is 2.85. The van der Waals surface area contributed by atoms with Crippen molar-refractivity contribution in [3.8, 4) is 0 Å². The van der Waals surface area contributed by atoms with Gasteiger partial charge in [-0.15, -0.1) is 0 Å². The summed E-state index contributed by atoms with van der Waals surface area (Å²) in [5.74, 6) is 0.964. The van der Waals surface area contributed by atoms with E-state index in [4.69, 9.17) is 23.2 Å². The summed E-state index contributed by atoms with van der Waals surface area (Å²) >= 11 is 14.1. The highest BCUT2D eigenvalue weighted by Crippen LogP contribution is 2.28. The van der Waals surface area contributed by atoms with E-state index >= 15 is 0 Å². The van der Waals surface area contributed by atoms with Crippen molar-refractivity contribution < 1.29 is 0 Å². The monoisotopic (exact) mass is 398 g/mol. The van der Waals surface area contributed by atoms with E-state index in [2.05, 4.69) is 22.5 Å². The largest absolute Gasteiger partial charge is 0.336 e. The van der Waals surface area contributed by atoms with Gasteiger partial charge in [-0.3, -0.25) is 0 Å². The molecule has 0 N–H and O–H groups in total. The first kappa shape index (κ1) is 20.7. The number of hydrogen-bond acceptors (Lipinski definition) is 2. The highest BCUT2D eigenvalue weighted by Gasteiger charge is 2.11. The summed E-state index contributed by atoms with van der Waals surface area (Å²) in [6.07, 6.45) is 15.1. The van der Waals surface area contributed by atoms with Crippen molar-refractivity contribution in [2.24, 2.45) is 0 Å². The Morgan fingerprint density at radius 3 is 2.60 bits per heavy atom. The zero-order valence-corrected chi connectivity index (χ0v) is 17.3. The van der Waals surface area contributed by atoms with Crippen LogP contribution in [0.5, 0.6) is 0 Å². The average molecular weight is 399 g/mol. The van der Waals surface area contributed by atoms with E-state index < -0.39 is 0 Å². The van der Waals surface area contributed by atoms with Crippen LogP contribution in [0, 0.1) is 0 Å². The Labute approximate surface area is 166 Å². The van der Waals surface area contributed by atoms with Crippen LogP contribution in [-0.2, 0) is 12.3 Å². The highest BCUT2D eigenvalue weighted by atomic mass is 35.5. The van der Waals surface area contributed by atoms with Gasteiger partial charge in [0.05, 0.1) is 16.4 Å². The van der Waals surface area contributed by atoms with Crippen molar-refractivity contribution in [1.29, 1.82) is 0 Å². The summed E-state index contributed by atoms with van der Waals surface area (Å²) in [4.78, 5) is 4.17. The Kier molecular flexibility index (Phi) is 9.82. The van der Waals surface area contributed by atoms with Crippen LogP contribution in [0.25, 0.3) is 0 Å². The topological polar surface area (TPSA) is 17.8 Å². The van der Waals surface area contributed by atoms with Gasteiger partial charge in [0.2, 0.25) is 0 Å². The third kappa shape index (κ3) is 8.06. The third-order valence-corrected chi connectivity index (χ3v) is 6.42. The number of benzene rings is 1. The Morgan fingerprint density at radius 2 is 1.88 bits per heavy atom. The summed E-state index contributed by atoms with van der Waals surface area (Å²) in [5, 5.41) is 1.86. The number of imidazole rings is 1. The van der Waals surface area contributed by atoms with Crippen LogP contribution in [-0.4, -0.2) is 14.8 Å². The third-order valence-electron chi connectivity index (χ3n) is 4.32. The molecular formula is C20H28Cl2N2S. The lowest BCUT2D eigenvalue weighted by molar-refractivity contribution is 0.552. The van der Waals surface area contributed by atoms with Crippen LogP contribution in [0.4, 0.5) is 0 Å². The number of rotatable bonds is 12. The van der Waals surface area contributed by atoms with Crippen molar-refractivity contribution in [2.45, 2.75) is 69.4 Å². The zero-order valence-electron chi connectivity index (χ0n) is 15.0. The lowest BCUT2D eigenvalue weighted by Crippen LogP contribution is -2.12. The molecule has 2 nitrogen and oxygen atoms in total. The number of nitrogens with zero attached hydrogens (tertiary/aromatic N) is 2. The van der Waals surface area contributed by atoms with Gasteiger partial charge in [0.25, 0.3) is 0 Å². The number of thioether (sulfide) groups is 1. The number of unbranched alkanes of at least 4 members (excludes halogenated alkanes) is 5. The molecule has 0 saturated heterocycles. The molecule has 0 bridgehead atoms. The van der Waals surface area contributed by atoms with Crippen LogP contribution in [0.15, 0.2) is 36.9 Å². The SMILES string of the molecule is CCCCCCCCC(Cn1ccnc1)SCc1ccc(Cl)c(Cl)c1. The van der Waals surface area contributed by atoms with Gasteiger partial charge in [0.1, 0.15) is 0 Å². The van der Waals surface area contributed by atoms with E-state index in [0.717, 1.165) is 12.3 Å². The molecule has 1 heterocycles. The molecule has 0 aliphatic carbocycles. The van der Waals surface area contributed by atoms with E-state index in [0.29, 0.717) is 15.3 Å². The van der Waals surface area contributed by atoms with Crippen LogP contribution >= 0.6 is 35.0 Å². The maximum Gasteiger partial charge on any atom is 0.0946 e. The molecule has 0 fully saturated rings. The Balaban J connectivity index is 1.81. The van der Waals surface area contributed by atoms with E-state index in [1.54, 1.807) is 0 Å². The summed E-state index contributed by atoms with van der Waals surface area (Å²) in [5.41, 5.74) is 1.23. The Hall–Kier alpha value is -0.640. The minimum atomic E-state index is 0.592. The van der Waals surface area contributed by atoms with Crippen molar-refractivity contribution in [3.63, 3.8) is 0 Å². The van der Waals surface area contributed by atoms with E-state index in [1.165, 1.54) is 50.5 Å². The maximum absolute atomic E-state index is 6.13. The van der Waals surface area contributed by atoms with Crippen molar-refractivity contribution >= 4 is 35.0 Å². The van der Waals surface area contributed by atoms with Gasteiger partial charge in [-0.1, -0.05) is 74.7 Å². The highest BCUT2D eigenvalue weighted by molar-refractivity contribution is 7.99. The first-order chi connectivity index (χ1) is 12.2. The Bertz CT molecular complexity index is 602. The Morgan fingerprint density at radius 1 is 1.08 bits per heavy atom.